The van der Waals surface area contributed by atoms with Gasteiger partial charge in [0.2, 0.25) is 0 Å². The maximum atomic E-state index is 13.7. The number of benzene rings is 3. The number of carbonyl (C=O) groups excluding carboxylic acids is 2. The number of imide groups is 1. The quantitative estimate of drug-likeness (QED) is 0.409. The molecule has 0 bridgehead atoms. The topological polar surface area (TPSA) is 40.6 Å². The Bertz CT molecular complexity index is 1310. The van der Waals surface area contributed by atoms with Crippen LogP contribution >= 0.6 is 35.0 Å². The fourth-order valence-electron chi connectivity index (χ4n) is 4.03. The zero-order valence-electron chi connectivity index (χ0n) is 17.2. The standard InChI is InChI=1S/C25H17Cl2FN2O2S/c26-17-5-8-19(9-6-17)33-23-22(29-12-11-15-3-1-2-4-16(15)14-29)24(31)30(25(23)32)18-7-10-21(28)20(27)13-18/h1-10,13H,11-12,14H2. The molecule has 2 aliphatic heterocycles. The van der Waals surface area contributed by atoms with Crippen LogP contribution in [0.15, 0.2) is 82.2 Å². The van der Waals surface area contributed by atoms with E-state index in [1.165, 1.54) is 29.5 Å². The predicted octanol–water partition coefficient (Wildman–Crippen LogP) is 6.07. The lowest BCUT2D eigenvalue weighted by Gasteiger charge is -2.31. The summed E-state index contributed by atoms with van der Waals surface area (Å²) in [6.45, 7) is 1.13. The van der Waals surface area contributed by atoms with Crippen molar-refractivity contribution < 1.29 is 14.0 Å². The fourth-order valence-corrected chi connectivity index (χ4v) is 5.33. The average molecular weight is 499 g/mol. The van der Waals surface area contributed by atoms with Gasteiger partial charge in [-0.3, -0.25) is 9.59 Å². The van der Waals surface area contributed by atoms with Crippen LogP contribution in [0.5, 0.6) is 0 Å². The van der Waals surface area contributed by atoms with E-state index in [2.05, 4.69) is 6.07 Å². The molecule has 2 aliphatic rings. The van der Waals surface area contributed by atoms with Gasteiger partial charge in [-0.15, -0.1) is 0 Å². The summed E-state index contributed by atoms with van der Waals surface area (Å²) >= 11 is 13.2. The van der Waals surface area contributed by atoms with Crippen LogP contribution in [0.4, 0.5) is 10.1 Å². The molecule has 3 aromatic rings. The molecule has 166 valence electrons. The molecule has 0 spiro atoms. The molecule has 2 heterocycles. The minimum atomic E-state index is -0.615. The molecule has 4 nitrogen and oxygen atoms in total. The first kappa shape index (κ1) is 22.0. The molecule has 0 aliphatic carbocycles. The lowest BCUT2D eigenvalue weighted by atomic mass is 9.99. The van der Waals surface area contributed by atoms with Crippen LogP contribution in [0, 0.1) is 5.82 Å². The van der Waals surface area contributed by atoms with Crippen LogP contribution in [-0.2, 0) is 22.6 Å². The number of fused-ring (bicyclic) bond motifs is 1. The second kappa shape index (κ2) is 8.86. The zero-order chi connectivity index (χ0) is 23.1. The number of thioether (sulfide) groups is 1. The van der Waals surface area contributed by atoms with Crippen molar-refractivity contribution in [1.82, 2.24) is 4.90 Å². The lowest BCUT2D eigenvalue weighted by molar-refractivity contribution is -0.121. The Morgan fingerprint density at radius 1 is 0.879 bits per heavy atom. The van der Waals surface area contributed by atoms with E-state index in [4.69, 9.17) is 23.2 Å². The summed E-state index contributed by atoms with van der Waals surface area (Å²) < 4.78 is 13.7. The molecule has 0 saturated carbocycles. The first-order chi connectivity index (χ1) is 15.9. The molecule has 5 rings (SSSR count). The molecule has 33 heavy (non-hydrogen) atoms. The van der Waals surface area contributed by atoms with E-state index < -0.39 is 17.6 Å². The summed E-state index contributed by atoms with van der Waals surface area (Å²) in [4.78, 5) is 31.3. The van der Waals surface area contributed by atoms with E-state index in [1.807, 2.05) is 23.1 Å². The maximum Gasteiger partial charge on any atom is 0.283 e. The molecule has 0 saturated heterocycles. The molecule has 3 aromatic carbocycles. The first-order valence-electron chi connectivity index (χ1n) is 10.3. The smallest absolute Gasteiger partial charge is 0.283 e. The van der Waals surface area contributed by atoms with Gasteiger partial charge in [-0.1, -0.05) is 59.2 Å². The third-order valence-corrected chi connectivity index (χ3v) is 7.28. The molecular formula is C25H17Cl2FN2O2S. The van der Waals surface area contributed by atoms with Gasteiger partial charge in [0.15, 0.2) is 0 Å². The van der Waals surface area contributed by atoms with E-state index in [0.29, 0.717) is 28.7 Å². The lowest BCUT2D eigenvalue weighted by Crippen LogP contribution is -2.37. The Hall–Kier alpha value is -2.80. The van der Waals surface area contributed by atoms with Gasteiger partial charge in [0.1, 0.15) is 16.4 Å². The summed E-state index contributed by atoms with van der Waals surface area (Å²) in [6, 6.07) is 19.0. The van der Waals surface area contributed by atoms with E-state index >= 15 is 0 Å². The Balaban J connectivity index is 1.56. The number of hydrogen-bond donors (Lipinski definition) is 0. The van der Waals surface area contributed by atoms with E-state index in [0.717, 1.165) is 27.8 Å². The molecular weight excluding hydrogens is 482 g/mol. The van der Waals surface area contributed by atoms with Crippen molar-refractivity contribution in [3.05, 3.63) is 104 Å². The van der Waals surface area contributed by atoms with Crippen molar-refractivity contribution in [2.24, 2.45) is 0 Å². The maximum absolute atomic E-state index is 13.7. The van der Waals surface area contributed by atoms with Crippen molar-refractivity contribution in [2.75, 3.05) is 11.4 Å². The summed E-state index contributed by atoms with van der Waals surface area (Å²) in [6.07, 6.45) is 0.766. The highest BCUT2D eigenvalue weighted by atomic mass is 35.5. The van der Waals surface area contributed by atoms with Crippen molar-refractivity contribution >= 4 is 52.5 Å². The molecule has 0 N–H and O–H groups in total. The predicted molar refractivity (Wildman–Crippen MR) is 129 cm³/mol. The summed E-state index contributed by atoms with van der Waals surface area (Å²) in [7, 11) is 0. The number of hydrogen-bond acceptors (Lipinski definition) is 4. The van der Waals surface area contributed by atoms with Gasteiger partial charge in [-0.2, -0.15) is 0 Å². The second-order valence-electron chi connectivity index (χ2n) is 7.72. The van der Waals surface area contributed by atoms with Crippen LogP contribution in [0.1, 0.15) is 11.1 Å². The van der Waals surface area contributed by atoms with Crippen LogP contribution in [0.2, 0.25) is 10.0 Å². The van der Waals surface area contributed by atoms with Gasteiger partial charge in [-0.25, -0.2) is 9.29 Å². The monoisotopic (exact) mass is 498 g/mol. The van der Waals surface area contributed by atoms with Gasteiger partial charge in [0.25, 0.3) is 11.8 Å². The second-order valence-corrected chi connectivity index (χ2v) is 9.65. The van der Waals surface area contributed by atoms with E-state index in [1.54, 1.807) is 24.3 Å². The number of carbonyl (C=O) groups is 2. The molecule has 2 amide bonds. The number of amides is 2. The Kier molecular flexibility index (Phi) is 5.91. The minimum Gasteiger partial charge on any atom is -0.361 e. The third kappa shape index (κ3) is 4.14. The molecule has 0 fully saturated rings. The van der Waals surface area contributed by atoms with Gasteiger partial charge < -0.3 is 4.90 Å². The summed E-state index contributed by atoms with van der Waals surface area (Å²) in [5.41, 5.74) is 2.93. The largest absolute Gasteiger partial charge is 0.361 e. The van der Waals surface area contributed by atoms with Crippen LogP contribution in [0.3, 0.4) is 0 Å². The first-order valence-corrected chi connectivity index (χ1v) is 11.8. The van der Waals surface area contributed by atoms with Crippen molar-refractivity contribution in [2.45, 2.75) is 17.9 Å². The van der Waals surface area contributed by atoms with Crippen LogP contribution in [-0.4, -0.2) is 23.3 Å². The third-order valence-electron chi connectivity index (χ3n) is 5.66. The Labute approximate surface area is 204 Å². The molecule has 0 radical (unpaired) electrons. The molecule has 0 aromatic heterocycles. The molecule has 0 unspecified atom stereocenters. The van der Waals surface area contributed by atoms with Gasteiger partial charge in [0.05, 0.1) is 10.7 Å². The van der Waals surface area contributed by atoms with Crippen molar-refractivity contribution in [1.29, 1.82) is 0 Å². The Morgan fingerprint density at radius 2 is 1.61 bits per heavy atom. The van der Waals surface area contributed by atoms with Crippen molar-refractivity contribution in [3.8, 4) is 0 Å². The molecule has 0 atom stereocenters. The van der Waals surface area contributed by atoms with Gasteiger partial charge in [-0.05, 0) is 60.0 Å². The highest BCUT2D eigenvalue weighted by molar-refractivity contribution is 8.04. The number of anilines is 1. The highest BCUT2D eigenvalue weighted by Gasteiger charge is 2.43. The average Bonchev–Trinajstić information content (AvgIpc) is 3.06. The fraction of sp³-hybridized carbons (Fsp3) is 0.120. The minimum absolute atomic E-state index is 0.152. The van der Waals surface area contributed by atoms with Gasteiger partial charge >= 0.3 is 0 Å². The van der Waals surface area contributed by atoms with E-state index in [-0.39, 0.29) is 10.7 Å². The number of rotatable bonds is 4. The SMILES string of the molecule is O=C1C(Sc2ccc(Cl)cc2)=C(N2CCc3ccccc3C2)C(=O)N1c1ccc(F)c(Cl)c1. The normalized spacial score (nSPS) is 16.0. The van der Waals surface area contributed by atoms with Crippen molar-refractivity contribution in [3.63, 3.8) is 0 Å². The van der Waals surface area contributed by atoms with E-state index in [9.17, 15) is 14.0 Å². The van der Waals surface area contributed by atoms with Crippen LogP contribution in [0.25, 0.3) is 0 Å². The zero-order valence-corrected chi connectivity index (χ0v) is 19.6. The number of halogens is 3. The van der Waals surface area contributed by atoms with Crippen LogP contribution < -0.4 is 4.90 Å². The highest BCUT2D eigenvalue weighted by Crippen LogP contribution is 2.40. The van der Waals surface area contributed by atoms with Gasteiger partial charge in [0, 0.05) is 23.0 Å². The summed E-state index contributed by atoms with van der Waals surface area (Å²) in [5, 5.41) is 0.429. The summed E-state index contributed by atoms with van der Waals surface area (Å²) in [5.74, 6) is -1.52. The number of nitrogens with zero attached hydrogens (tertiary/aromatic N) is 2. The molecule has 8 heteroatoms. The Morgan fingerprint density at radius 3 is 2.33 bits per heavy atom.